The van der Waals surface area contributed by atoms with E-state index in [0.29, 0.717) is 19.0 Å². The van der Waals surface area contributed by atoms with E-state index in [1.807, 2.05) is 11.8 Å². The van der Waals surface area contributed by atoms with Gasteiger partial charge in [0.05, 0.1) is 6.04 Å². The Hall–Kier alpha value is -0.460. The van der Waals surface area contributed by atoms with Gasteiger partial charge in [0.1, 0.15) is 0 Å². The summed E-state index contributed by atoms with van der Waals surface area (Å²) in [4.78, 5) is 14.9. The molecule has 7 heteroatoms. The quantitative estimate of drug-likeness (QED) is 0.719. The molecule has 2 unspecified atom stereocenters. The summed E-state index contributed by atoms with van der Waals surface area (Å²) in [5.41, 5.74) is 1.31. The second-order valence-corrected chi connectivity index (χ2v) is 8.53. The predicted octanol–water partition coefficient (Wildman–Crippen LogP) is 3.51. The summed E-state index contributed by atoms with van der Waals surface area (Å²) in [6, 6.07) is 11.2. The van der Waals surface area contributed by atoms with Gasteiger partial charge in [-0.25, -0.2) is 0 Å². The monoisotopic (exact) mass is 433 g/mol. The first kappa shape index (κ1) is 24.6. The highest BCUT2D eigenvalue weighted by molar-refractivity contribution is 7.99. The summed E-state index contributed by atoms with van der Waals surface area (Å²) >= 11 is 1.94. The van der Waals surface area contributed by atoms with Crippen molar-refractivity contribution in [2.24, 2.45) is 5.92 Å². The first-order valence-corrected chi connectivity index (χ1v) is 10.7. The molecule has 1 amide bonds. The summed E-state index contributed by atoms with van der Waals surface area (Å²) in [6.07, 6.45) is 3.09. The van der Waals surface area contributed by atoms with Crippen LogP contribution in [-0.2, 0) is 4.79 Å². The smallest absolute Gasteiger partial charge is 0.221 e. The van der Waals surface area contributed by atoms with E-state index < -0.39 is 0 Å². The second kappa shape index (κ2) is 12.9. The lowest BCUT2D eigenvalue weighted by Crippen LogP contribution is -2.44. The van der Waals surface area contributed by atoms with E-state index in [-0.39, 0.29) is 36.8 Å². The van der Waals surface area contributed by atoms with Crippen LogP contribution in [0.5, 0.6) is 0 Å². The van der Waals surface area contributed by atoms with Crippen molar-refractivity contribution >= 4 is 42.5 Å². The molecule has 0 aliphatic carbocycles. The maximum atomic E-state index is 12.4. The van der Waals surface area contributed by atoms with Gasteiger partial charge < -0.3 is 10.6 Å². The maximum Gasteiger partial charge on any atom is 0.221 e. The van der Waals surface area contributed by atoms with E-state index in [4.69, 9.17) is 0 Å². The van der Waals surface area contributed by atoms with Crippen LogP contribution in [0.3, 0.4) is 0 Å². The van der Waals surface area contributed by atoms with Gasteiger partial charge in [-0.15, -0.1) is 24.8 Å². The third kappa shape index (κ3) is 7.82. The predicted molar refractivity (Wildman–Crippen MR) is 120 cm³/mol. The van der Waals surface area contributed by atoms with Crippen LogP contribution in [-0.4, -0.2) is 54.5 Å². The van der Waals surface area contributed by atoms with Gasteiger partial charge in [0.15, 0.2) is 0 Å². The molecule has 2 aliphatic rings. The zero-order chi connectivity index (χ0) is 17.5. The highest BCUT2D eigenvalue weighted by Gasteiger charge is 2.25. The molecule has 27 heavy (non-hydrogen) atoms. The molecule has 4 nitrogen and oxygen atoms in total. The molecule has 2 aliphatic heterocycles. The van der Waals surface area contributed by atoms with Crippen LogP contribution in [0.25, 0.3) is 0 Å². The van der Waals surface area contributed by atoms with Crippen LogP contribution in [0.4, 0.5) is 0 Å². The Balaban J connectivity index is 0.00000182. The topological polar surface area (TPSA) is 44.4 Å². The number of carbonyl (C=O) groups is 1. The third-order valence-corrected chi connectivity index (χ3v) is 6.50. The minimum atomic E-state index is 0. The molecule has 0 bridgehead atoms. The summed E-state index contributed by atoms with van der Waals surface area (Å²) in [5, 5.41) is 6.65. The lowest BCUT2D eigenvalue weighted by Gasteiger charge is -2.37. The molecule has 2 saturated heterocycles. The van der Waals surface area contributed by atoms with E-state index in [0.717, 1.165) is 37.1 Å². The van der Waals surface area contributed by atoms with Crippen LogP contribution < -0.4 is 10.6 Å². The van der Waals surface area contributed by atoms with Crippen molar-refractivity contribution in [3.8, 4) is 0 Å². The minimum absolute atomic E-state index is 0. The molecule has 1 aromatic rings. The van der Waals surface area contributed by atoms with Gasteiger partial charge >= 0.3 is 0 Å². The lowest BCUT2D eigenvalue weighted by molar-refractivity contribution is -0.121. The number of likely N-dealkylation sites (tertiary alicyclic amines) is 1. The zero-order valence-corrected chi connectivity index (χ0v) is 18.5. The molecule has 0 saturated carbocycles. The average Bonchev–Trinajstić information content (AvgIpc) is 2.65. The number of thioether (sulfide) groups is 1. The van der Waals surface area contributed by atoms with Crippen molar-refractivity contribution in [1.82, 2.24) is 15.5 Å². The average molecular weight is 434 g/mol. The number of nitrogens with one attached hydrogen (secondary N) is 2. The van der Waals surface area contributed by atoms with Crippen LogP contribution in [0.2, 0.25) is 0 Å². The Morgan fingerprint density at radius 3 is 2.59 bits per heavy atom. The van der Waals surface area contributed by atoms with Gasteiger partial charge in [-0.1, -0.05) is 37.3 Å². The largest absolute Gasteiger partial charge is 0.354 e. The molecule has 2 atom stereocenters. The van der Waals surface area contributed by atoms with Crippen molar-refractivity contribution in [3.63, 3.8) is 0 Å². The molecule has 2 fully saturated rings. The van der Waals surface area contributed by atoms with Crippen molar-refractivity contribution in [1.29, 1.82) is 0 Å². The Morgan fingerprint density at radius 1 is 1.26 bits per heavy atom. The maximum absolute atomic E-state index is 12.4. The van der Waals surface area contributed by atoms with Crippen molar-refractivity contribution in [2.45, 2.75) is 38.3 Å². The first-order valence-electron chi connectivity index (χ1n) is 9.59. The summed E-state index contributed by atoms with van der Waals surface area (Å²) in [5.74, 6) is 3.18. The SMILES string of the molecule is CC1CCN(C(CNC(=O)CC2CSCCN2)c2ccccc2)CC1.Cl.Cl. The molecule has 154 valence electrons. The molecule has 0 spiro atoms. The third-order valence-electron chi connectivity index (χ3n) is 5.37. The molecular weight excluding hydrogens is 401 g/mol. The van der Waals surface area contributed by atoms with Crippen molar-refractivity contribution in [3.05, 3.63) is 35.9 Å². The summed E-state index contributed by atoms with van der Waals surface area (Å²) in [7, 11) is 0. The van der Waals surface area contributed by atoms with Crippen LogP contribution >= 0.6 is 36.6 Å². The number of carbonyl (C=O) groups excluding carboxylic acids is 1. The van der Waals surface area contributed by atoms with Crippen LogP contribution in [0, 0.1) is 5.92 Å². The fourth-order valence-electron chi connectivity index (χ4n) is 3.73. The minimum Gasteiger partial charge on any atom is -0.354 e. The van der Waals surface area contributed by atoms with Crippen molar-refractivity contribution in [2.75, 3.05) is 37.7 Å². The van der Waals surface area contributed by atoms with Crippen molar-refractivity contribution < 1.29 is 4.79 Å². The highest BCUT2D eigenvalue weighted by atomic mass is 35.5. The molecule has 0 radical (unpaired) electrons. The fraction of sp³-hybridized carbons (Fsp3) is 0.650. The van der Waals surface area contributed by atoms with E-state index in [1.54, 1.807) is 0 Å². The van der Waals surface area contributed by atoms with Gasteiger partial charge in [0.2, 0.25) is 5.91 Å². The number of hydrogen-bond acceptors (Lipinski definition) is 4. The summed E-state index contributed by atoms with van der Waals surface area (Å²) < 4.78 is 0. The second-order valence-electron chi connectivity index (χ2n) is 7.38. The number of rotatable bonds is 6. The van der Waals surface area contributed by atoms with E-state index in [1.165, 1.54) is 18.4 Å². The highest BCUT2D eigenvalue weighted by Crippen LogP contribution is 2.26. The van der Waals surface area contributed by atoms with Gasteiger partial charge in [-0.05, 0) is 37.4 Å². The Kier molecular flexibility index (Phi) is 11.7. The number of hydrogen-bond donors (Lipinski definition) is 2. The Labute approximate surface area is 180 Å². The standard InChI is InChI=1S/C20H31N3OS.2ClH/c1-16-7-10-23(11-8-16)19(17-5-3-2-4-6-17)14-22-20(24)13-18-15-25-12-9-21-18;;/h2-6,16,18-19,21H,7-15H2,1H3,(H,22,24);2*1H. The molecule has 1 aromatic carbocycles. The Bertz CT molecular complexity index is 535. The number of nitrogens with zero attached hydrogens (tertiary/aromatic N) is 1. The molecule has 2 N–H and O–H groups in total. The van der Waals surface area contributed by atoms with E-state index >= 15 is 0 Å². The van der Waals surface area contributed by atoms with Gasteiger partial charge in [-0.3, -0.25) is 9.69 Å². The van der Waals surface area contributed by atoms with Crippen LogP contribution in [0.15, 0.2) is 30.3 Å². The normalized spacial score (nSPS) is 22.2. The zero-order valence-electron chi connectivity index (χ0n) is 16.1. The fourth-order valence-corrected chi connectivity index (χ4v) is 4.68. The Morgan fingerprint density at radius 2 is 1.96 bits per heavy atom. The molecule has 0 aromatic heterocycles. The first-order chi connectivity index (χ1) is 12.2. The number of amides is 1. The van der Waals surface area contributed by atoms with E-state index in [2.05, 4.69) is 52.8 Å². The van der Waals surface area contributed by atoms with Crippen LogP contribution in [0.1, 0.15) is 37.8 Å². The van der Waals surface area contributed by atoms with Gasteiger partial charge in [0, 0.05) is 37.1 Å². The summed E-state index contributed by atoms with van der Waals surface area (Å²) in [6.45, 7) is 6.30. The lowest BCUT2D eigenvalue weighted by atomic mass is 9.95. The molecular formula is C20H33Cl2N3OS. The van der Waals surface area contributed by atoms with E-state index in [9.17, 15) is 4.79 Å². The van der Waals surface area contributed by atoms with Gasteiger partial charge in [-0.2, -0.15) is 11.8 Å². The van der Waals surface area contributed by atoms with Gasteiger partial charge in [0.25, 0.3) is 0 Å². The number of piperidine rings is 1. The molecule has 2 heterocycles. The molecule has 3 rings (SSSR count). The number of benzene rings is 1. The number of halogens is 2.